The van der Waals surface area contributed by atoms with Gasteiger partial charge in [0, 0.05) is 21.0 Å². The number of carbonyl (C=O) groups is 3. The second-order valence-electron chi connectivity index (χ2n) is 9.29. The average molecular weight is 583 g/mol. The summed E-state index contributed by atoms with van der Waals surface area (Å²) in [5.74, 6) is 0.130. The van der Waals surface area contributed by atoms with Crippen LogP contribution in [0.15, 0.2) is 47.4 Å². The van der Waals surface area contributed by atoms with Gasteiger partial charge in [0.25, 0.3) is 5.91 Å². The predicted molar refractivity (Wildman–Crippen MR) is 159 cm³/mol. The van der Waals surface area contributed by atoms with E-state index in [0.717, 1.165) is 47.4 Å². The van der Waals surface area contributed by atoms with Gasteiger partial charge in [-0.2, -0.15) is 0 Å². The molecule has 0 aliphatic heterocycles. The van der Waals surface area contributed by atoms with Crippen LogP contribution in [0.2, 0.25) is 0 Å². The summed E-state index contributed by atoms with van der Waals surface area (Å²) in [4.78, 5) is 40.9. The summed E-state index contributed by atoms with van der Waals surface area (Å²) in [6.07, 6.45) is 4.96. The number of ether oxygens (including phenoxy) is 3. The molecule has 1 atom stereocenters. The number of benzene rings is 2. The highest BCUT2D eigenvalue weighted by atomic mass is 32.2. The van der Waals surface area contributed by atoms with Gasteiger partial charge in [0.1, 0.15) is 5.00 Å². The van der Waals surface area contributed by atoms with Crippen molar-refractivity contribution in [1.29, 1.82) is 0 Å². The van der Waals surface area contributed by atoms with E-state index in [2.05, 4.69) is 10.6 Å². The first-order valence-corrected chi connectivity index (χ1v) is 15.0. The first-order chi connectivity index (χ1) is 19.3. The zero-order valence-corrected chi connectivity index (χ0v) is 24.8. The predicted octanol–water partition coefficient (Wildman–Crippen LogP) is 6.58. The summed E-state index contributed by atoms with van der Waals surface area (Å²) in [6.45, 7) is 3.88. The van der Waals surface area contributed by atoms with Crippen LogP contribution in [0.25, 0.3) is 0 Å². The molecular weight excluding hydrogens is 548 g/mol. The third kappa shape index (κ3) is 6.98. The third-order valence-electron chi connectivity index (χ3n) is 6.56. The Hall–Kier alpha value is -3.50. The van der Waals surface area contributed by atoms with Crippen molar-refractivity contribution in [1.82, 2.24) is 0 Å². The van der Waals surface area contributed by atoms with Gasteiger partial charge in [0.15, 0.2) is 11.5 Å². The maximum atomic E-state index is 13.2. The lowest BCUT2D eigenvalue weighted by Crippen LogP contribution is -2.23. The molecule has 4 rings (SSSR count). The summed E-state index contributed by atoms with van der Waals surface area (Å²) >= 11 is 2.86. The Bertz CT molecular complexity index is 1390. The van der Waals surface area contributed by atoms with E-state index in [1.165, 1.54) is 37.3 Å². The number of hydrogen-bond acceptors (Lipinski definition) is 8. The van der Waals surface area contributed by atoms with Gasteiger partial charge in [-0.15, -0.1) is 23.1 Å². The number of esters is 1. The highest BCUT2D eigenvalue weighted by Crippen LogP contribution is 2.38. The number of nitrogens with one attached hydrogen (secondary N) is 2. The molecule has 212 valence electrons. The molecule has 0 saturated carbocycles. The SMILES string of the molecule is CCOC(=O)c1c(NC(=O)C(C)Sc2cccc(NC(=O)c3ccc(OC)c(OC)c3)c2)sc2c1CCCCC2. The van der Waals surface area contributed by atoms with E-state index in [1.807, 2.05) is 25.1 Å². The van der Waals surface area contributed by atoms with Crippen LogP contribution in [-0.4, -0.2) is 43.9 Å². The average Bonchev–Trinajstić information content (AvgIpc) is 3.12. The number of rotatable bonds is 10. The number of hydrogen-bond donors (Lipinski definition) is 2. The number of thioether (sulfide) groups is 1. The largest absolute Gasteiger partial charge is 0.493 e. The smallest absolute Gasteiger partial charge is 0.341 e. The van der Waals surface area contributed by atoms with Crippen molar-refractivity contribution in [3.8, 4) is 11.5 Å². The second-order valence-corrected chi connectivity index (χ2v) is 11.8. The molecule has 10 heteroatoms. The normalized spacial score (nSPS) is 13.4. The minimum absolute atomic E-state index is 0.202. The summed E-state index contributed by atoms with van der Waals surface area (Å²) in [7, 11) is 3.05. The lowest BCUT2D eigenvalue weighted by molar-refractivity contribution is -0.115. The summed E-state index contributed by atoms with van der Waals surface area (Å²) in [5, 5.41) is 6.02. The van der Waals surface area contributed by atoms with Crippen LogP contribution in [0.5, 0.6) is 11.5 Å². The zero-order chi connectivity index (χ0) is 28.6. The van der Waals surface area contributed by atoms with Crippen LogP contribution in [0, 0.1) is 0 Å². The Balaban J connectivity index is 1.44. The second kappa shape index (κ2) is 13.7. The highest BCUT2D eigenvalue weighted by molar-refractivity contribution is 8.00. The molecule has 1 heterocycles. The van der Waals surface area contributed by atoms with Crippen molar-refractivity contribution < 1.29 is 28.6 Å². The van der Waals surface area contributed by atoms with E-state index < -0.39 is 5.25 Å². The minimum Gasteiger partial charge on any atom is -0.493 e. The number of fused-ring (bicyclic) bond motifs is 1. The van der Waals surface area contributed by atoms with Gasteiger partial charge in [0.2, 0.25) is 5.91 Å². The number of methoxy groups -OCH3 is 2. The summed E-state index contributed by atoms with van der Waals surface area (Å²) in [6, 6.07) is 12.3. The van der Waals surface area contributed by atoms with Gasteiger partial charge in [-0.3, -0.25) is 9.59 Å². The van der Waals surface area contributed by atoms with Crippen molar-refractivity contribution in [3.05, 3.63) is 64.0 Å². The van der Waals surface area contributed by atoms with Crippen LogP contribution in [0.1, 0.15) is 64.3 Å². The van der Waals surface area contributed by atoms with Crippen LogP contribution in [-0.2, 0) is 22.4 Å². The van der Waals surface area contributed by atoms with E-state index in [4.69, 9.17) is 14.2 Å². The number of anilines is 2. The van der Waals surface area contributed by atoms with Gasteiger partial charge in [0.05, 0.1) is 31.6 Å². The molecule has 1 unspecified atom stereocenters. The molecule has 8 nitrogen and oxygen atoms in total. The van der Waals surface area contributed by atoms with Crippen LogP contribution < -0.4 is 20.1 Å². The van der Waals surface area contributed by atoms with Crippen molar-refractivity contribution >= 4 is 51.6 Å². The lowest BCUT2D eigenvalue weighted by atomic mass is 10.1. The molecule has 3 aromatic rings. The Kier molecular flexibility index (Phi) is 10.1. The fraction of sp³-hybridized carbons (Fsp3) is 0.367. The number of amides is 2. The Morgan fingerprint density at radius 3 is 2.50 bits per heavy atom. The van der Waals surface area contributed by atoms with Crippen molar-refractivity contribution in [2.45, 2.75) is 56.1 Å². The molecule has 2 amide bonds. The monoisotopic (exact) mass is 582 g/mol. The molecule has 0 spiro atoms. The fourth-order valence-electron chi connectivity index (χ4n) is 4.55. The standard InChI is InChI=1S/C30H34N2O6S2/c1-5-38-30(35)26-22-12-7-6-8-13-25(22)40-29(26)32-27(33)18(2)39-21-11-9-10-20(17-21)31-28(34)19-14-15-23(36-3)24(16-19)37-4/h9-11,14-18H,5-8,12-13H2,1-4H3,(H,31,34)(H,32,33). The van der Waals surface area contributed by atoms with Crippen LogP contribution >= 0.6 is 23.1 Å². The lowest BCUT2D eigenvalue weighted by Gasteiger charge is -2.14. The Morgan fingerprint density at radius 2 is 1.75 bits per heavy atom. The van der Waals surface area contributed by atoms with Gasteiger partial charge < -0.3 is 24.8 Å². The number of carbonyl (C=O) groups excluding carboxylic acids is 3. The van der Waals surface area contributed by atoms with Gasteiger partial charge in [-0.05, 0) is 81.5 Å². The number of thiophene rings is 1. The topological polar surface area (TPSA) is 103 Å². The maximum Gasteiger partial charge on any atom is 0.341 e. The number of aryl methyl sites for hydroxylation is 1. The van der Waals surface area contributed by atoms with E-state index in [9.17, 15) is 14.4 Å². The molecule has 1 aliphatic rings. The minimum atomic E-state index is -0.450. The van der Waals surface area contributed by atoms with Gasteiger partial charge >= 0.3 is 5.97 Å². The quantitative estimate of drug-likeness (QED) is 0.158. The van der Waals surface area contributed by atoms with Crippen molar-refractivity contribution in [3.63, 3.8) is 0 Å². The highest BCUT2D eigenvalue weighted by Gasteiger charge is 2.28. The maximum absolute atomic E-state index is 13.2. The molecule has 0 bridgehead atoms. The third-order valence-corrected chi connectivity index (χ3v) is 8.86. The Morgan fingerprint density at radius 1 is 0.975 bits per heavy atom. The van der Waals surface area contributed by atoms with Crippen LogP contribution in [0.3, 0.4) is 0 Å². The van der Waals surface area contributed by atoms with E-state index in [0.29, 0.717) is 33.3 Å². The molecule has 1 aliphatic carbocycles. The van der Waals surface area contributed by atoms with E-state index in [-0.39, 0.29) is 24.4 Å². The van der Waals surface area contributed by atoms with Crippen LogP contribution in [0.4, 0.5) is 10.7 Å². The van der Waals surface area contributed by atoms with Crippen molar-refractivity contribution in [2.75, 3.05) is 31.5 Å². The molecule has 2 aromatic carbocycles. The molecule has 1 aromatic heterocycles. The summed E-state index contributed by atoms with van der Waals surface area (Å²) < 4.78 is 15.9. The van der Waals surface area contributed by atoms with Crippen molar-refractivity contribution in [2.24, 2.45) is 0 Å². The van der Waals surface area contributed by atoms with E-state index in [1.54, 1.807) is 31.2 Å². The van der Waals surface area contributed by atoms with Gasteiger partial charge in [-0.25, -0.2) is 4.79 Å². The molecule has 0 fully saturated rings. The zero-order valence-electron chi connectivity index (χ0n) is 23.1. The fourth-order valence-corrected chi connectivity index (χ4v) is 6.76. The van der Waals surface area contributed by atoms with Gasteiger partial charge in [-0.1, -0.05) is 12.5 Å². The molecule has 2 N–H and O–H groups in total. The first kappa shape index (κ1) is 29.5. The molecule has 0 radical (unpaired) electrons. The van der Waals surface area contributed by atoms with E-state index >= 15 is 0 Å². The molecule has 0 saturated heterocycles. The molecular formula is C30H34N2O6S2. The Labute approximate surface area is 242 Å². The molecule has 40 heavy (non-hydrogen) atoms. The first-order valence-electron chi connectivity index (χ1n) is 13.3. The summed E-state index contributed by atoms with van der Waals surface area (Å²) in [5.41, 5.74) is 2.56.